The van der Waals surface area contributed by atoms with Crippen LogP contribution in [0.1, 0.15) is 11.1 Å². The Morgan fingerprint density at radius 1 is 0.733 bits per heavy atom. The van der Waals surface area contributed by atoms with Crippen LogP contribution in [-0.2, 0) is 9.59 Å². The van der Waals surface area contributed by atoms with Gasteiger partial charge in [0.2, 0.25) is 0 Å². The van der Waals surface area contributed by atoms with Crippen molar-refractivity contribution in [3.05, 3.63) is 159 Å². The van der Waals surface area contributed by atoms with Gasteiger partial charge in [0.15, 0.2) is 0 Å². The summed E-state index contributed by atoms with van der Waals surface area (Å²) in [5, 5.41) is 17.4. The molecule has 0 atom stereocenters. The van der Waals surface area contributed by atoms with E-state index in [2.05, 4.69) is 10.3 Å². The number of urea groups is 1. The van der Waals surface area contributed by atoms with Crippen LogP contribution in [0.15, 0.2) is 137 Å². The lowest BCUT2D eigenvalue weighted by Gasteiger charge is -2.26. The molecule has 1 aliphatic rings. The fraction of sp³-hybridized carbons (Fsp3) is 0. The number of nitrogens with zero attached hydrogens (tertiary/aromatic N) is 2. The molecule has 0 spiro atoms. The van der Waals surface area contributed by atoms with Gasteiger partial charge in [-0.3, -0.25) is 29.3 Å². The predicted molar refractivity (Wildman–Crippen MR) is 169 cm³/mol. The Bertz CT molecular complexity index is 2200. The van der Waals surface area contributed by atoms with Crippen LogP contribution in [-0.4, -0.2) is 27.4 Å². The van der Waals surface area contributed by atoms with E-state index in [0.717, 1.165) is 20.2 Å². The van der Waals surface area contributed by atoms with Gasteiger partial charge in [0, 0.05) is 11.3 Å². The number of barbiturate groups is 1. The summed E-state index contributed by atoms with van der Waals surface area (Å²) in [4.78, 5) is 67.1. The molecule has 220 valence electrons. The molecule has 0 radical (unpaired) electrons. The minimum absolute atomic E-state index is 0.285. The monoisotopic (exact) mass is 595 g/mol. The van der Waals surface area contributed by atoms with E-state index in [1.807, 2.05) is 42.5 Å². The molecule has 1 fully saturated rings. The largest absolute Gasteiger partial charge is 0.859 e. The first kappa shape index (κ1) is 28.6. The molecule has 4 amide bonds. The highest BCUT2D eigenvalue weighted by Gasteiger charge is 2.36. The number of benzene rings is 4. The number of rotatable bonds is 6. The summed E-state index contributed by atoms with van der Waals surface area (Å²) in [5.41, 5.74) is -0.711. The Kier molecular flexibility index (Phi) is 7.60. The lowest BCUT2D eigenvalue weighted by Crippen LogP contribution is -2.54. The van der Waals surface area contributed by atoms with Gasteiger partial charge in [0.25, 0.3) is 17.4 Å². The van der Waals surface area contributed by atoms with Gasteiger partial charge in [0.05, 0.1) is 5.69 Å². The summed E-state index contributed by atoms with van der Waals surface area (Å²) in [6.45, 7) is 0. The van der Waals surface area contributed by atoms with Gasteiger partial charge in [-0.2, -0.15) is 0 Å². The van der Waals surface area contributed by atoms with Crippen LogP contribution in [0.5, 0.6) is 5.88 Å². The Balaban J connectivity index is 1.47. The molecule has 0 unspecified atom stereocenters. The third-order valence-corrected chi connectivity index (χ3v) is 7.17. The number of aromatic amines is 1. The molecule has 2 heterocycles. The summed E-state index contributed by atoms with van der Waals surface area (Å²) in [7, 11) is 0. The van der Waals surface area contributed by atoms with Crippen molar-refractivity contribution in [1.29, 1.82) is 0 Å². The van der Waals surface area contributed by atoms with E-state index >= 15 is 0 Å². The summed E-state index contributed by atoms with van der Waals surface area (Å²) >= 11 is 0. The molecule has 10 nitrogen and oxygen atoms in total. The average Bonchev–Trinajstić information content (AvgIpc) is 3.04. The fourth-order valence-corrected chi connectivity index (χ4v) is 4.94. The summed E-state index contributed by atoms with van der Waals surface area (Å²) in [6, 6.07) is 28.7. The molecule has 0 bridgehead atoms. The van der Waals surface area contributed by atoms with Crippen molar-refractivity contribution in [1.82, 2.24) is 14.9 Å². The van der Waals surface area contributed by atoms with E-state index in [4.69, 9.17) is 0 Å². The number of H-pyrrole nitrogens is 1. The molecular weight excluding hydrogens is 572 g/mol. The standard InChI is InChI=1S/C35H24N4O6/c40-30-28(32(42)38(34(44)36-30)26-11-3-1-4-12-26)19-17-23(25-16-15-22-9-7-8-10-24(22)21-25)18-20-29-31(41)37-35(45)39(33(29)43)27-13-5-2-6-14-27/h1-21,42H,(H,36,40,44)(H,37,41,45)/p-1. The Labute approximate surface area is 255 Å². The third-order valence-electron chi connectivity index (χ3n) is 7.17. The number of aromatic nitrogens is 2. The van der Waals surface area contributed by atoms with E-state index in [0.29, 0.717) is 11.1 Å². The average molecular weight is 596 g/mol. The molecule has 0 saturated carbocycles. The van der Waals surface area contributed by atoms with E-state index in [-0.39, 0.29) is 22.5 Å². The van der Waals surface area contributed by atoms with Gasteiger partial charge in [0.1, 0.15) is 5.57 Å². The number of para-hydroxylation sites is 2. The summed E-state index contributed by atoms with van der Waals surface area (Å²) < 4.78 is 0.864. The van der Waals surface area contributed by atoms with Gasteiger partial charge in [-0.1, -0.05) is 84.9 Å². The topological polar surface area (TPSA) is 144 Å². The number of hydrogen-bond acceptors (Lipinski definition) is 6. The normalized spacial score (nSPS) is 14.8. The van der Waals surface area contributed by atoms with Gasteiger partial charge in [-0.15, -0.1) is 0 Å². The van der Waals surface area contributed by atoms with Crippen molar-refractivity contribution >= 4 is 46.0 Å². The molecule has 10 heteroatoms. The van der Waals surface area contributed by atoms with Crippen molar-refractivity contribution < 1.29 is 19.5 Å². The molecule has 6 rings (SSSR count). The van der Waals surface area contributed by atoms with E-state index in [1.165, 1.54) is 24.3 Å². The quantitative estimate of drug-likeness (QED) is 0.172. The van der Waals surface area contributed by atoms with Gasteiger partial charge < -0.3 is 5.11 Å². The van der Waals surface area contributed by atoms with Crippen molar-refractivity contribution in [2.24, 2.45) is 0 Å². The minimum atomic E-state index is -0.872. The molecular formula is C35H23N4O6-. The molecule has 0 aliphatic carbocycles. The zero-order chi connectivity index (χ0) is 31.5. The highest BCUT2D eigenvalue weighted by molar-refractivity contribution is 6.37. The van der Waals surface area contributed by atoms with Crippen LogP contribution >= 0.6 is 0 Å². The molecule has 1 saturated heterocycles. The smallest absolute Gasteiger partial charge is 0.335 e. The predicted octanol–water partition coefficient (Wildman–Crippen LogP) is 4.06. The molecule has 1 aliphatic heterocycles. The number of anilines is 1. The number of fused-ring (bicyclic) bond motifs is 1. The first-order valence-corrected chi connectivity index (χ1v) is 13.8. The third kappa shape index (κ3) is 5.63. The van der Waals surface area contributed by atoms with Crippen molar-refractivity contribution in [3.8, 4) is 11.6 Å². The maximum atomic E-state index is 13.4. The van der Waals surface area contributed by atoms with Crippen molar-refractivity contribution in [3.63, 3.8) is 0 Å². The number of imide groups is 2. The maximum absolute atomic E-state index is 13.4. The SMILES string of the molecule is O=C1NC(=O)N(c2ccccc2)C(=O)C1=CC=C(C=Cc1c([O-])n(-c2ccccc2)c(=O)[nH]c1=O)c1ccc2ccccc2c1. The molecule has 45 heavy (non-hydrogen) atoms. The number of nitrogens with one attached hydrogen (secondary N) is 2. The number of carbonyl (C=O) groups excluding carboxylic acids is 3. The number of allylic oxidation sites excluding steroid dienone is 4. The van der Waals surface area contributed by atoms with Crippen LogP contribution in [0.4, 0.5) is 10.5 Å². The summed E-state index contributed by atoms with van der Waals surface area (Å²) in [5.74, 6) is -2.51. The van der Waals surface area contributed by atoms with Gasteiger partial charge in [-0.25, -0.2) is 14.5 Å². The first-order chi connectivity index (χ1) is 21.8. The number of hydrogen-bond donors (Lipinski definition) is 2. The second-order valence-corrected chi connectivity index (χ2v) is 9.98. The van der Waals surface area contributed by atoms with Crippen LogP contribution in [0.2, 0.25) is 0 Å². The zero-order valence-electron chi connectivity index (χ0n) is 23.5. The highest BCUT2D eigenvalue weighted by atomic mass is 16.3. The maximum Gasteiger partial charge on any atom is 0.335 e. The van der Waals surface area contributed by atoms with E-state index in [9.17, 15) is 29.1 Å². The lowest BCUT2D eigenvalue weighted by molar-refractivity contribution is -0.278. The van der Waals surface area contributed by atoms with E-state index < -0.39 is 35.0 Å². The first-order valence-electron chi connectivity index (χ1n) is 13.8. The zero-order valence-corrected chi connectivity index (χ0v) is 23.5. The minimum Gasteiger partial charge on any atom is -0.859 e. The van der Waals surface area contributed by atoms with Crippen LogP contribution < -0.4 is 26.6 Å². The molecule has 2 N–H and O–H groups in total. The van der Waals surface area contributed by atoms with Crippen molar-refractivity contribution in [2.75, 3.05) is 4.90 Å². The Hall–Kier alpha value is -6.55. The Morgan fingerprint density at radius 2 is 1.38 bits per heavy atom. The lowest BCUT2D eigenvalue weighted by atomic mass is 9.99. The Morgan fingerprint density at radius 3 is 2.09 bits per heavy atom. The summed E-state index contributed by atoms with van der Waals surface area (Å²) in [6.07, 6.45) is 5.53. The second kappa shape index (κ2) is 12.0. The number of amides is 4. The van der Waals surface area contributed by atoms with Crippen LogP contribution in [0.3, 0.4) is 0 Å². The van der Waals surface area contributed by atoms with Crippen LogP contribution in [0.25, 0.3) is 28.1 Å². The molecule has 4 aromatic carbocycles. The van der Waals surface area contributed by atoms with Crippen molar-refractivity contribution in [2.45, 2.75) is 0 Å². The van der Waals surface area contributed by atoms with Crippen LogP contribution in [0, 0.1) is 0 Å². The number of carbonyl (C=O) groups is 3. The van der Waals surface area contributed by atoms with Gasteiger partial charge in [-0.05, 0) is 70.3 Å². The van der Waals surface area contributed by atoms with Gasteiger partial charge >= 0.3 is 11.7 Å². The fourth-order valence-electron chi connectivity index (χ4n) is 4.94. The van der Waals surface area contributed by atoms with E-state index in [1.54, 1.807) is 60.7 Å². The molecule has 5 aromatic rings. The second-order valence-electron chi connectivity index (χ2n) is 9.98. The highest BCUT2D eigenvalue weighted by Crippen LogP contribution is 2.25. The molecule has 1 aromatic heterocycles.